The van der Waals surface area contributed by atoms with Gasteiger partial charge in [-0.2, -0.15) is 0 Å². The van der Waals surface area contributed by atoms with Crippen LogP contribution in [-0.4, -0.2) is 41.6 Å². The summed E-state index contributed by atoms with van der Waals surface area (Å²) in [6, 6.07) is -0.222. The number of carboxylic acid groups (broad SMARTS) is 1. The number of hydrogen-bond acceptors (Lipinski definition) is 2. The van der Waals surface area contributed by atoms with Gasteiger partial charge < -0.3 is 15.3 Å². The van der Waals surface area contributed by atoms with Gasteiger partial charge in [-0.15, -0.1) is 6.58 Å². The standard InChI is InChI=1S/C12H20N2O3/c1-3-8-14(4-2)11(17)13-9-12(10(15)16)6-5-7-12/h3H,1,4-9H2,2H3,(H,13,17)(H,15,16). The van der Waals surface area contributed by atoms with Crippen molar-refractivity contribution in [3.05, 3.63) is 12.7 Å². The Hall–Kier alpha value is -1.52. The number of nitrogens with zero attached hydrogens (tertiary/aromatic N) is 1. The van der Waals surface area contributed by atoms with E-state index >= 15 is 0 Å². The Morgan fingerprint density at radius 1 is 1.53 bits per heavy atom. The molecule has 0 spiro atoms. The van der Waals surface area contributed by atoms with E-state index in [2.05, 4.69) is 11.9 Å². The third-order valence-electron chi connectivity index (χ3n) is 3.36. The van der Waals surface area contributed by atoms with Gasteiger partial charge >= 0.3 is 12.0 Å². The molecule has 1 aliphatic carbocycles. The fourth-order valence-corrected chi connectivity index (χ4v) is 1.94. The second-order valence-corrected chi connectivity index (χ2v) is 4.43. The molecule has 5 heteroatoms. The lowest BCUT2D eigenvalue weighted by Gasteiger charge is -2.38. The number of rotatable bonds is 6. The van der Waals surface area contributed by atoms with Gasteiger partial charge in [-0.05, 0) is 19.8 Å². The Morgan fingerprint density at radius 3 is 2.53 bits per heavy atom. The summed E-state index contributed by atoms with van der Waals surface area (Å²) in [5.41, 5.74) is -0.733. The van der Waals surface area contributed by atoms with E-state index in [1.165, 1.54) is 0 Å². The molecule has 1 saturated carbocycles. The molecule has 2 amide bonds. The number of aliphatic carboxylic acids is 1. The maximum absolute atomic E-state index is 11.7. The maximum Gasteiger partial charge on any atom is 0.317 e. The lowest BCUT2D eigenvalue weighted by Crippen LogP contribution is -2.50. The number of nitrogens with one attached hydrogen (secondary N) is 1. The van der Waals surface area contributed by atoms with Gasteiger partial charge in [-0.3, -0.25) is 4.79 Å². The van der Waals surface area contributed by atoms with Gasteiger partial charge in [0.15, 0.2) is 0 Å². The van der Waals surface area contributed by atoms with E-state index in [1.54, 1.807) is 11.0 Å². The summed E-state index contributed by atoms with van der Waals surface area (Å²) < 4.78 is 0. The second-order valence-electron chi connectivity index (χ2n) is 4.43. The summed E-state index contributed by atoms with van der Waals surface area (Å²) in [7, 11) is 0. The molecule has 0 atom stereocenters. The summed E-state index contributed by atoms with van der Waals surface area (Å²) >= 11 is 0. The van der Waals surface area contributed by atoms with E-state index in [0.29, 0.717) is 25.9 Å². The number of carbonyl (C=O) groups is 2. The smallest absolute Gasteiger partial charge is 0.317 e. The van der Waals surface area contributed by atoms with Crippen LogP contribution in [-0.2, 0) is 4.79 Å². The summed E-state index contributed by atoms with van der Waals surface area (Å²) in [6.45, 7) is 6.73. The van der Waals surface area contributed by atoms with Crippen molar-refractivity contribution in [3.63, 3.8) is 0 Å². The van der Waals surface area contributed by atoms with E-state index in [1.807, 2.05) is 6.92 Å². The van der Waals surface area contributed by atoms with Crippen molar-refractivity contribution in [2.24, 2.45) is 5.41 Å². The highest BCUT2D eigenvalue weighted by Crippen LogP contribution is 2.40. The number of likely N-dealkylation sites (N-methyl/N-ethyl adjacent to an activating group) is 1. The van der Waals surface area contributed by atoms with Gasteiger partial charge in [-0.1, -0.05) is 12.5 Å². The zero-order valence-electron chi connectivity index (χ0n) is 10.2. The first kappa shape index (κ1) is 13.5. The predicted molar refractivity (Wildman–Crippen MR) is 64.8 cm³/mol. The van der Waals surface area contributed by atoms with Crippen molar-refractivity contribution in [2.75, 3.05) is 19.6 Å². The average molecular weight is 240 g/mol. The first-order valence-electron chi connectivity index (χ1n) is 5.93. The normalized spacial score (nSPS) is 16.8. The Labute approximate surface area is 101 Å². The van der Waals surface area contributed by atoms with E-state index in [9.17, 15) is 9.59 Å². The maximum atomic E-state index is 11.7. The van der Waals surface area contributed by atoms with Crippen molar-refractivity contribution in [1.82, 2.24) is 10.2 Å². The van der Waals surface area contributed by atoms with Crippen LogP contribution in [0.5, 0.6) is 0 Å². The zero-order valence-corrected chi connectivity index (χ0v) is 10.2. The Balaban J connectivity index is 2.46. The molecule has 1 rings (SSSR count). The van der Waals surface area contributed by atoms with E-state index < -0.39 is 11.4 Å². The molecule has 5 nitrogen and oxygen atoms in total. The van der Waals surface area contributed by atoms with Crippen LogP contribution in [0.2, 0.25) is 0 Å². The second kappa shape index (κ2) is 5.70. The van der Waals surface area contributed by atoms with Crippen molar-refractivity contribution in [1.29, 1.82) is 0 Å². The molecular weight excluding hydrogens is 220 g/mol. The van der Waals surface area contributed by atoms with Crippen LogP contribution in [0.4, 0.5) is 4.79 Å². The molecule has 0 aromatic rings. The molecule has 0 aromatic carbocycles. The molecule has 17 heavy (non-hydrogen) atoms. The number of hydrogen-bond donors (Lipinski definition) is 2. The van der Waals surface area contributed by atoms with Crippen LogP contribution in [0.1, 0.15) is 26.2 Å². The summed E-state index contributed by atoms with van der Waals surface area (Å²) in [6.07, 6.45) is 3.87. The van der Waals surface area contributed by atoms with Crippen LogP contribution in [0.3, 0.4) is 0 Å². The fraction of sp³-hybridized carbons (Fsp3) is 0.667. The molecule has 96 valence electrons. The molecule has 0 unspecified atom stereocenters. The van der Waals surface area contributed by atoms with Crippen molar-refractivity contribution in [2.45, 2.75) is 26.2 Å². The van der Waals surface area contributed by atoms with Gasteiger partial charge in [0.25, 0.3) is 0 Å². The summed E-state index contributed by atoms with van der Waals surface area (Å²) in [5.74, 6) is -0.809. The molecule has 0 heterocycles. The highest BCUT2D eigenvalue weighted by atomic mass is 16.4. The Bertz CT molecular complexity index is 311. The number of carboxylic acids is 1. The van der Waals surface area contributed by atoms with Gasteiger partial charge in [0, 0.05) is 19.6 Å². The lowest BCUT2D eigenvalue weighted by atomic mass is 9.69. The molecule has 0 radical (unpaired) electrons. The van der Waals surface area contributed by atoms with Gasteiger partial charge in [0.05, 0.1) is 5.41 Å². The van der Waals surface area contributed by atoms with Gasteiger partial charge in [0.1, 0.15) is 0 Å². The lowest BCUT2D eigenvalue weighted by molar-refractivity contribution is -0.153. The first-order valence-corrected chi connectivity index (χ1v) is 5.93. The van der Waals surface area contributed by atoms with Crippen LogP contribution >= 0.6 is 0 Å². The third-order valence-corrected chi connectivity index (χ3v) is 3.36. The van der Waals surface area contributed by atoms with Gasteiger partial charge in [-0.25, -0.2) is 4.79 Å². The minimum absolute atomic E-state index is 0.217. The van der Waals surface area contributed by atoms with Crippen LogP contribution in [0.25, 0.3) is 0 Å². The Morgan fingerprint density at radius 2 is 2.18 bits per heavy atom. The quantitative estimate of drug-likeness (QED) is 0.690. The Kier molecular flexibility index (Phi) is 4.54. The number of amides is 2. The molecule has 0 aliphatic heterocycles. The van der Waals surface area contributed by atoms with Crippen molar-refractivity contribution >= 4 is 12.0 Å². The summed E-state index contributed by atoms with van der Waals surface area (Å²) in [4.78, 5) is 24.4. The summed E-state index contributed by atoms with van der Waals surface area (Å²) in [5, 5.41) is 11.8. The average Bonchev–Trinajstić information content (AvgIpc) is 2.23. The first-order chi connectivity index (χ1) is 8.05. The zero-order chi connectivity index (χ0) is 12.9. The topological polar surface area (TPSA) is 69.6 Å². The monoisotopic (exact) mass is 240 g/mol. The van der Waals surface area contributed by atoms with E-state index in [0.717, 1.165) is 6.42 Å². The largest absolute Gasteiger partial charge is 0.481 e. The van der Waals surface area contributed by atoms with Crippen LogP contribution < -0.4 is 5.32 Å². The molecule has 1 aliphatic rings. The third kappa shape index (κ3) is 2.99. The molecular formula is C12H20N2O3. The fourth-order valence-electron chi connectivity index (χ4n) is 1.94. The van der Waals surface area contributed by atoms with Crippen LogP contribution in [0.15, 0.2) is 12.7 Å². The molecule has 0 saturated heterocycles. The van der Waals surface area contributed by atoms with E-state index in [4.69, 9.17) is 5.11 Å². The molecule has 2 N–H and O–H groups in total. The number of carbonyl (C=O) groups excluding carboxylic acids is 1. The van der Waals surface area contributed by atoms with Gasteiger partial charge in [0.2, 0.25) is 0 Å². The van der Waals surface area contributed by atoms with Crippen molar-refractivity contribution in [3.8, 4) is 0 Å². The number of urea groups is 1. The molecule has 1 fully saturated rings. The highest BCUT2D eigenvalue weighted by molar-refractivity contribution is 5.79. The van der Waals surface area contributed by atoms with Crippen molar-refractivity contribution < 1.29 is 14.7 Å². The highest BCUT2D eigenvalue weighted by Gasteiger charge is 2.44. The minimum atomic E-state index is -0.809. The van der Waals surface area contributed by atoms with E-state index in [-0.39, 0.29) is 12.6 Å². The predicted octanol–water partition coefficient (Wildman–Crippen LogP) is 1.46. The minimum Gasteiger partial charge on any atom is -0.481 e. The molecule has 0 aromatic heterocycles. The molecule has 0 bridgehead atoms. The van der Waals surface area contributed by atoms with Crippen LogP contribution in [0, 0.1) is 5.41 Å². The SMILES string of the molecule is C=CCN(CC)C(=O)NCC1(C(=O)O)CCC1.